The monoisotopic (exact) mass is 331 g/mol. The normalized spacial score (nSPS) is 17.6. The number of carbonyl (C=O) groups is 1. The molecule has 0 saturated carbocycles. The highest BCUT2D eigenvalue weighted by molar-refractivity contribution is 7.19. The van der Waals surface area contributed by atoms with Crippen molar-refractivity contribution in [3.63, 3.8) is 0 Å². The molecule has 1 amide bonds. The van der Waals surface area contributed by atoms with E-state index in [0.29, 0.717) is 11.6 Å². The van der Waals surface area contributed by atoms with Gasteiger partial charge in [0.05, 0.1) is 12.0 Å². The minimum Gasteiger partial charge on any atom is -0.395 e. The molecule has 7 nitrogen and oxygen atoms in total. The number of aryl methyl sites for hydroxylation is 1. The lowest BCUT2D eigenvalue weighted by Gasteiger charge is -2.18. The number of aromatic nitrogens is 4. The van der Waals surface area contributed by atoms with E-state index in [1.54, 1.807) is 22.2 Å². The molecule has 0 spiro atoms. The molecule has 1 aliphatic rings. The minimum atomic E-state index is -0.381. The quantitative estimate of drug-likeness (QED) is 0.759. The predicted molar refractivity (Wildman–Crippen MR) is 86.9 cm³/mol. The first-order valence-corrected chi connectivity index (χ1v) is 8.56. The van der Waals surface area contributed by atoms with Crippen molar-refractivity contribution in [2.24, 2.45) is 0 Å². The van der Waals surface area contributed by atoms with Crippen LogP contribution in [0.4, 0.5) is 0 Å². The van der Waals surface area contributed by atoms with Crippen molar-refractivity contribution in [1.29, 1.82) is 0 Å². The maximum Gasteiger partial charge on any atom is 0.291 e. The van der Waals surface area contributed by atoms with Crippen LogP contribution in [0.25, 0.3) is 15.9 Å². The molecule has 1 atom stereocenters. The number of rotatable bonds is 3. The number of hydrogen-bond acceptors (Lipinski definition) is 6. The van der Waals surface area contributed by atoms with Crippen molar-refractivity contribution >= 4 is 33.1 Å². The lowest BCUT2D eigenvalue weighted by Crippen LogP contribution is -2.27. The summed E-state index contributed by atoms with van der Waals surface area (Å²) in [6.45, 7) is 2.31. The number of carbonyl (C=O) groups excluding carboxylic acids is 1. The lowest BCUT2D eigenvalue weighted by atomic mass is 9.87. The molecule has 3 aromatic heterocycles. The zero-order valence-electron chi connectivity index (χ0n) is 12.7. The molecule has 8 heteroatoms. The molecule has 3 aromatic rings. The van der Waals surface area contributed by atoms with Gasteiger partial charge in [-0.15, -0.1) is 16.4 Å². The first kappa shape index (κ1) is 14.5. The molecule has 4 rings (SSSR count). The van der Waals surface area contributed by atoms with Gasteiger partial charge in [-0.2, -0.15) is 0 Å². The van der Waals surface area contributed by atoms with Gasteiger partial charge in [0.15, 0.2) is 5.65 Å². The predicted octanol–water partition coefficient (Wildman–Crippen LogP) is 1.50. The van der Waals surface area contributed by atoms with Gasteiger partial charge in [0, 0.05) is 11.4 Å². The first-order valence-electron chi connectivity index (χ1n) is 7.74. The van der Waals surface area contributed by atoms with E-state index in [1.165, 1.54) is 16.9 Å². The molecule has 2 N–H and O–H groups in total. The summed E-state index contributed by atoms with van der Waals surface area (Å²) in [6.07, 6.45) is 5.07. The van der Waals surface area contributed by atoms with Gasteiger partial charge in [-0.05, 0) is 30.7 Å². The van der Waals surface area contributed by atoms with Crippen molar-refractivity contribution in [3.05, 3.63) is 22.6 Å². The second kappa shape index (κ2) is 5.54. The van der Waals surface area contributed by atoms with E-state index in [0.717, 1.165) is 23.1 Å². The van der Waals surface area contributed by atoms with Crippen LogP contribution in [0, 0.1) is 0 Å². The smallest absolute Gasteiger partial charge is 0.291 e. The number of amides is 1. The molecule has 0 unspecified atom stereocenters. The zero-order chi connectivity index (χ0) is 16.0. The summed E-state index contributed by atoms with van der Waals surface area (Å²) in [4.78, 5) is 23.3. The SMILES string of the molecule is C[C@@H]1CCCc2sc3ncn4nc(C(=O)NCCO)nc4c3c21. The average molecular weight is 331 g/mol. The largest absolute Gasteiger partial charge is 0.395 e. The summed E-state index contributed by atoms with van der Waals surface area (Å²) < 4.78 is 1.57. The van der Waals surface area contributed by atoms with Crippen LogP contribution in [0.15, 0.2) is 6.33 Å². The molecule has 0 fully saturated rings. The summed E-state index contributed by atoms with van der Waals surface area (Å²) >= 11 is 1.72. The van der Waals surface area contributed by atoms with Crippen LogP contribution >= 0.6 is 11.3 Å². The Kier molecular flexibility index (Phi) is 3.50. The number of hydrogen-bond donors (Lipinski definition) is 2. The summed E-state index contributed by atoms with van der Waals surface area (Å²) in [5, 5.41) is 16.6. The number of aliphatic hydroxyl groups excluding tert-OH is 1. The molecule has 1 aliphatic carbocycles. The van der Waals surface area contributed by atoms with Gasteiger partial charge in [0.25, 0.3) is 5.91 Å². The van der Waals surface area contributed by atoms with Crippen LogP contribution in [0.1, 0.15) is 46.7 Å². The second-order valence-electron chi connectivity index (χ2n) is 5.84. The number of fused-ring (bicyclic) bond motifs is 5. The summed E-state index contributed by atoms with van der Waals surface area (Å²) in [7, 11) is 0. The highest BCUT2D eigenvalue weighted by atomic mass is 32.1. The fraction of sp³-hybridized carbons (Fsp3) is 0.467. The Morgan fingerprint density at radius 1 is 1.57 bits per heavy atom. The van der Waals surface area contributed by atoms with Crippen molar-refractivity contribution in [3.8, 4) is 0 Å². The maximum absolute atomic E-state index is 12.0. The van der Waals surface area contributed by atoms with Crippen LogP contribution in [0.2, 0.25) is 0 Å². The number of thiophene rings is 1. The number of aliphatic hydroxyl groups is 1. The summed E-state index contributed by atoms with van der Waals surface area (Å²) in [5.74, 6) is 0.202. The van der Waals surface area contributed by atoms with Crippen molar-refractivity contribution in [2.75, 3.05) is 13.2 Å². The van der Waals surface area contributed by atoms with E-state index in [2.05, 4.69) is 27.3 Å². The highest BCUT2D eigenvalue weighted by Gasteiger charge is 2.25. The summed E-state index contributed by atoms with van der Waals surface area (Å²) in [6, 6.07) is 0. The Labute approximate surface area is 136 Å². The average Bonchev–Trinajstić information content (AvgIpc) is 3.13. The first-order chi connectivity index (χ1) is 11.2. The van der Waals surface area contributed by atoms with Crippen LogP contribution in [-0.2, 0) is 6.42 Å². The summed E-state index contributed by atoms with van der Waals surface area (Å²) in [5.41, 5.74) is 2.01. The maximum atomic E-state index is 12.0. The van der Waals surface area contributed by atoms with Crippen LogP contribution in [0.5, 0.6) is 0 Å². The molecule has 3 heterocycles. The van der Waals surface area contributed by atoms with Crippen LogP contribution in [-0.4, -0.2) is 43.7 Å². The molecule has 0 bridgehead atoms. The molecule has 0 radical (unpaired) electrons. The van der Waals surface area contributed by atoms with Gasteiger partial charge in [-0.1, -0.05) is 6.92 Å². The molecular weight excluding hydrogens is 314 g/mol. The molecular formula is C15H17N5O2S. The van der Waals surface area contributed by atoms with E-state index in [1.807, 2.05) is 0 Å². The lowest BCUT2D eigenvalue weighted by molar-refractivity contribution is 0.0934. The van der Waals surface area contributed by atoms with Gasteiger partial charge >= 0.3 is 0 Å². The third-order valence-corrected chi connectivity index (χ3v) is 5.45. The standard InChI is InChI=1S/C15H17N5O2S/c1-8-3-2-4-9-10(8)11-13-18-12(14(22)16-5-6-21)19-20(13)7-17-15(11)23-9/h7-8,21H,2-6H2,1H3,(H,16,22)/t8-/m1/s1. The van der Waals surface area contributed by atoms with Crippen molar-refractivity contribution in [2.45, 2.75) is 32.1 Å². The van der Waals surface area contributed by atoms with Gasteiger partial charge in [0.2, 0.25) is 5.82 Å². The molecule has 0 aromatic carbocycles. The van der Waals surface area contributed by atoms with E-state index < -0.39 is 0 Å². The molecule has 0 aliphatic heterocycles. The fourth-order valence-electron chi connectivity index (χ4n) is 3.23. The third-order valence-electron chi connectivity index (χ3n) is 4.28. The topological polar surface area (TPSA) is 92.4 Å². The van der Waals surface area contributed by atoms with Gasteiger partial charge in [0.1, 0.15) is 11.2 Å². The Morgan fingerprint density at radius 3 is 3.26 bits per heavy atom. The van der Waals surface area contributed by atoms with Gasteiger partial charge in [-0.25, -0.2) is 14.5 Å². The minimum absolute atomic E-state index is 0.108. The zero-order valence-corrected chi connectivity index (χ0v) is 13.6. The Bertz CT molecular complexity index is 900. The second-order valence-corrected chi connectivity index (χ2v) is 6.92. The van der Waals surface area contributed by atoms with Crippen molar-refractivity contribution in [1.82, 2.24) is 24.9 Å². The molecule has 120 valence electrons. The van der Waals surface area contributed by atoms with Crippen LogP contribution in [0.3, 0.4) is 0 Å². The Morgan fingerprint density at radius 2 is 2.43 bits per heavy atom. The molecule has 23 heavy (non-hydrogen) atoms. The van der Waals surface area contributed by atoms with Crippen molar-refractivity contribution < 1.29 is 9.90 Å². The Balaban J connectivity index is 1.89. The van der Waals surface area contributed by atoms with E-state index in [9.17, 15) is 4.79 Å². The van der Waals surface area contributed by atoms with E-state index in [4.69, 9.17) is 5.11 Å². The van der Waals surface area contributed by atoms with E-state index >= 15 is 0 Å². The fourth-order valence-corrected chi connectivity index (χ4v) is 4.53. The third kappa shape index (κ3) is 2.29. The van der Waals surface area contributed by atoms with Crippen LogP contribution < -0.4 is 5.32 Å². The number of nitrogens with zero attached hydrogens (tertiary/aromatic N) is 4. The Hall–Kier alpha value is -2.06. The highest BCUT2D eigenvalue weighted by Crippen LogP contribution is 2.42. The van der Waals surface area contributed by atoms with Gasteiger partial charge in [-0.3, -0.25) is 4.79 Å². The van der Waals surface area contributed by atoms with E-state index in [-0.39, 0.29) is 24.9 Å². The number of nitrogens with one attached hydrogen (secondary N) is 1. The molecule has 0 saturated heterocycles. The van der Waals surface area contributed by atoms with Gasteiger partial charge < -0.3 is 10.4 Å².